The Morgan fingerprint density at radius 1 is 1.05 bits per heavy atom. The number of nitrogens with one attached hydrogen (secondary N) is 2. The van der Waals surface area contributed by atoms with Crippen molar-refractivity contribution >= 4 is 11.6 Å². The lowest BCUT2D eigenvalue weighted by molar-refractivity contribution is -0.274. The number of nitrogens with zero attached hydrogens (tertiary/aromatic N) is 2. The molecule has 1 aliphatic heterocycles. The highest BCUT2D eigenvalue weighted by molar-refractivity contribution is 5.79. The maximum absolute atomic E-state index is 15.4. The number of hydrogen-bond donors (Lipinski definition) is 2. The summed E-state index contributed by atoms with van der Waals surface area (Å²) in [5.41, 5.74) is -4.96. The molecule has 7 nitrogen and oxygen atoms in total. The van der Waals surface area contributed by atoms with Gasteiger partial charge in [-0.1, -0.05) is 6.07 Å². The van der Waals surface area contributed by atoms with Gasteiger partial charge >= 0.3 is 12.5 Å². The van der Waals surface area contributed by atoms with Crippen LogP contribution in [0.1, 0.15) is 36.1 Å². The summed E-state index contributed by atoms with van der Waals surface area (Å²) in [6, 6.07) is 6.85. The van der Waals surface area contributed by atoms with Crippen LogP contribution in [0.3, 0.4) is 0 Å². The number of carbonyl (C=O) groups is 1. The van der Waals surface area contributed by atoms with Gasteiger partial charge in [0.1, 0.15) is 23.1 Å². The molecule has 1 fully saturated rings. The normalized spacial score (nSPS) is 14.8. The standard InChI is InChI=1S/C26H21F9N4O3/c27-21-14(1-6-17(25(30,31)32)20(21)23-37-18(22(28)29)11-19(40)38-23)12-36-24(41)13-7-9-39(10-8-13)15-2-4-16(5-3-15)42-26(33,34)35/h1-6,11,13,22H,7-10,12H2,(H,36,41)(H,37,38,40). The average Bonchev–Trinajstić information content (AvgIpc) is 2.90. The van der Waals surface area contributed by atoms with Gasteiger partial charge in [0.2, 0.25) is 5.91 Å². The highest BCUT2D eigenvalue weighted by Gasteiger charge is 2.37. The lowest BCUT2D eigenvalue weighted by atomic mass is 9.95. The number of benzene rings is 2. The minimum absolute atomic E-state index is 0.318. The Morgan fingerprint density at radius 2 is 1.69 bits per heavy atom. The number of alkyl halides is 8. The Balaban J connectivity index is 1.45. The highest BCUT2D eigenvalue weighted by Crippen LogP contribution is 2.38. The van der Waals surface area contributed by atoms with Crippen LogP contribution in [0, 0.1) is 11.7 Å². The van der Waals surface area contributed by atoms with E-state index in [9.17, 15) is 44.7 Å². The third-order valence-corrected chi connectivity index (χ3v) is 6.50. The van der Waals surface area contributed by atoms with E-state index >= 15 is 4.39 Å². The first-order chi connectivity index (χ1) is 19.6. The number of ether oxygens (including phenoxy) is 1. The van der Waals surface area contributed by atoms with E-state index in [1.54, 1.807) is 0 Å². The van der Waals surface area contributed by atoms with Crippen molar-refractivity contribution < 1.29 is 49.0 Å². The summed E-state index contributed by atoms with van der Waals surface area (Å²) < 4.78 is 123. The summed E-state index contributed by atoms with van der Waals surface area (Å²) >= 11 is 0. The first kappa shape index (κ1) is 30.7. The number of aromatic nitrogens is 2. The maximum Gasteiger partial charge on any atom is 0.573 e. The molecule has 2 aromatic carbocycles. The highest BCUT2D eigenvalue weighted by atomic mass is 19.4. The molecule has 0 aliphatic carbocycles. The number of aromatic amines is 1. The Kier molecular flexibility index (Phi) is 8.73. The molecule has 0 spiro atoms. The topological polar surface area (TPSA) is 87.3 Å². The van der Waals surface area contributed by atoms with Crippen LogP contribution in [0.4, 0.5) is 45.2 Å². The smallest absolute Gasteiger partial charge is 0.406 e. The molecular formula is C26H21F9N4O3. The second-order valence-electron chi connectivity index (χ2n) is 9.30. The monoisotopic (exact) mass is 608 g/mol. The molecule has 16 heteroatoms. The Labute approximate surface area is 231 Å². The van der Waals surface area contributed by atoms with Crippen molar-refractivity contribution in [2.75, 3.05) is 18.0 Å². The molecule has 3 aromatic rings. The van der Waals surface area contributed by atoms with Gasteiger partial charge in [0.25, 0.3) is 12.0 Å². The van der Waals surface area contributed by atoms with Crippen LogP contribution < -0.4 is 20.5 Å². The number of rotatable bonds is 7. The Bertz CT molecular complexity index is 1480. The van der Waals surface area contributed by atoms with Gasteiger partial charge in [-0.15, -0.1) is 13.2 Å². The van der Waals surface area contributed by atoms with Gasteiger partial charge in [-0.25, -0.2) is 18.2 Å². The van der Waals surface area contributed by atoms with E-state index in [0.717, 1.165) is 18.2 Å². The summed E-state index contributed by atoms with van der Waals surface area (Å²) in [6.07, 6.45) is -12.6. The van der Waals surface area contributed by atoms with Gasteiger partial charge in [-0.3, -0.25) is 9.59 Å². The summed E-state index contributed by atoms with van der Waals surface area (Å²) in [5.74, 6) is -4.00. The van der Waals surface area contributed by atoms with E-state index < -0.39 is 76.9 Å². The Hall–Kier alpha value is -4.24. The fraction of sp³-hybridized carbons (Fsp3) is 0.346. The summed E-state index contributed by atoms with van der Waals surface area (Å²) in [4.78, 5) is 31.5. The van der Waals surface area contributed by atoms with Gasteiger partial charge in [0.05, 0.1) is 11.1 Å². The minimum atomic E-state index is -5.13. The molecule has 42 heavy (non-hydrogen) atoms. The average molecular weight is 608 g/mol. The summed E-state index contributed by atoms with van der Waals surface area (Å²) in [5, 5.41) is 2.46. The van der Waals surface area contributed by atoms with Crippen molar-refractivity contribution in [3.8, 4) is 17.1 Å². The van der Waals surface area contributed by atoms with Gasteiger partial charge in [-0.2, -0.15) is 13.2 Å². The number of hydrogen-bond acceptors (Lipinski definition) is 5. The van der Waals surface area contributed by atoms with Gasteiger partial charge < -0.3 is 19.9 Å². The molecule has 0 bridgehead atoms. The SMILES string of the molecule is O=C(NCc1ccc(C(F)(F)F)c(-c2nc(C(F)F)cc(=O)[nH]2)c1F)C1CCN(c2ccc(OC(F)(F)F)cc2)CC1. The predicted octanol–water partition coefficient (Wildman–Crippen LogP) is 5.96. The molecule has 0 atom stereocenters. The number of halogens is 9. The lowest BCUT2D eigenvalue weighted by Crippen LogP contribution is -2.40. The number of piperidine rings is 1. The number of carbonyl (C=O) groups excluding carboxylic acids is 1. The van der Waals surface area contributed by atoms with Crippen molar-refractivity contribution in [3.05, 3.63) is 75.5 Å². The largest absolute Gasteiger partial charge is 0.573 e. The number of amides is 1. The van der Waals surface area contributed by atoms with Crippen LogP contribution in [0.2, 0.25) is 0 Å². The van der Waals surface area contributed by atoms with Crippen molar-refractivity contribution in [3.63, 3.8) is 0 Å². The molecule has 226 valence electrons. The molecule has 1 aliphatic rings. The first-order valence-corrected chi connectivity index (χ1v) is 12.3. The minimum Gasteiger partial charge on any atom is -0.406 e. The molecule has 0 unspecified atom stereocenters. The fourth-order valence-corrected chi connectivity index (χ4v) is 4.52. The van der Waals surface area contributed by atoms with Crippen molar-refractivity contribution in [1.29, 1.82) is 0 Å². The molecule has 0 radical (unpaired) electrons. The predicted molar refractivity (Wildman–Crippen MR) is 130 cm³/mol. The van der Waals surface area contributed by atoms with Crippen LogP contribution in [0.25, 0.3) is 11.4 Å². The van der Waals surface area contributed by atoms with Gasteiger partial charge in [-0.05, 0) is 43.2 Å². The third-order valence-electron chi connectivity index (χ3n) is 6.50. The van der Waals surface area contributed by atoms with Gasteiger partial charge in [0.15, 0.2) is 0 Å². The van der Waals surface area contributed by atoms with Crippen molar-refractivity contribution in [2.45, 2.75) is 38.4 Å². The van der Waals surface area contributed by atoms with Crippen LogP contribution in [0.5, 0.6) is 5.75 Å². The van der Waals surface area contributed by atoms with E-state index in [1.807, 2.05) is 9.88 Å². The lowest BCUT2D eigenvalue weighted by Gasteiger charge is -2.33. The molecule has 2 N–H and O–H groups in total. The quantitative estimate of drug-likeness (QED) is 0.323. The summed E-state index contributed by atoms with van der Waals surface area (Å²) in [6.45, 7) is 0.168. The second kappa shape index (κ2) is 11.9. The molecule has 1 amide bonds. The zero-order chi connectivity index (χ0) is 30.8. The van der Waals surface area contributed by atoms with Crippen molar-refractivity contribution in [2.24, 2.45) is 5.92 Å². The second-order valence-corrected chi connectivity index (χ2v) is 9.30. The molecule has 2 heterocycles. The first-order valence-electron chi connectivity index (χ1n) is 12.3. The number of H-pyrrole nitrogens is 1. The zero-order valence-electron chi connectivity index (χ0n) is 21.3. The Morgan fingerprint density at radius 3 is 2.26 bits per heavy atom. The van der Waals surface area contributed by atoms with Crippen LogP contribution in [0.15, 0.2) is 47.3 Å². The van der Waals surface area contributed by atoms with Gasteiger partial charge in [0, 0.05) is 42.9 Å². The van der Waals surface area contributed by atoms with E-state index in [0.29, 0.717) is 43.8 Å². The third kappa shape index (κ3) is 7.33. The number of anilines is 1. The molecule has 0 saturated carbocycles. The van der Waals surface area contributed by atoms with E-state index in [-0.39, 0.29) is 5.75 Å². The van der Waals surface area contributed by atoms with E-state index in [1.165, 1.54) is 12.1 Å². The van der Waals surface area contributed by atoms with E-state index in [4.69, 9.17) is 0 Å². The molecule has 1 aromatic heterocycles. The fourth-order valence-electron chi connectivity index (χ4n) is 4.52. The molecular weight excluding hydrogens is 587 g/mol. The van der Waals surface area contributed by atoms with Crippen molar-refractivity contribution in [1.82, 2.24) is 15.3 Å². The maximum atomic E-state index is 15.4. The zero-order valence-corrected chi connectivity index (χ0v) is 21.3. The summed E-state index contributed by atoms with van der Waals surface area (Å²) in [7, 11) is 0. The van der Waals surface area contributed by atoms with Crippen LogP contribution >= 0.6 is 0 Å². The molecule has 1 saturated heterocycles. The molecule has 4 rings (SSSR count). The van der Waals surface area contributed by atoms with Crippen LogP contribution in [-0.4, -0.2) is 35.3 Å². The van der Waals surface area contributed by atoms with E-state index in [2.05, 4.69) is 15.0 Å². The van der Waals surface area contributed by atoms with Crippen LogP contribution in [-0.2, 0) is 17.5 Å².